The van der Waals surface area contributed by atoms with E-state index in [1.54, 1.807) is 0 Å². The monoisotopic (exact) mass is 506 g/mol. The third kappa shape index (κ3) is 3.22. The molecule has 4 heteroatoms. The van der Waals surface area contributed by atoms with Crippen LogP contribution in [0.25, 0.3) is 33.2 Å². The molecular formula is C34H42N4. The first kappa shape index (κ1) is 26.2. The molecular weight excluding hydrogens is 464 g/mol. The summed E-state index contributed by atoms with van der Waals surface area (Å²) in [4.78, 5) is 0. The van der Waals surface area contributed by atoms with Crippen LogP contribution in [0.15, 0.2) is 0 Å². The fourth-order valence-corrected chi connectivity index (χ4v) is 6.73. The van der Waals surface area contributed by atoms with Crippen LogP contribution in [-0.2, 0) is 0 Å². The van der Waals surface area contributed by atoms with E-state index in [1.165, 1.54) is 99.9 Å². The van der Waals surface area contributed by atoms with Crippen molar-refractivity contribution in [2.75, 3.05) is 0 Å². The van der Waals surface area contributed by atoms with Gasteiger partial charge in [0.2, 0.25) is 0 Å². The zero-order valence-electron chi connectivity index (χ0n) is 25.8. The second-order valence-corrected chi connectivity index (χ2v) is 11.6. The second-order valence-electron chi connectivity index (χ2n) is 11.6. The van der Waals surface area contributed by atoms with Crippen LogP contribution in [0.1, 0.15) is 78.1 Å². The van der Waals surface area contributed by atoms with Crippen molar-refractivity contribution in [1.29, 1.82) is 0 Å². The molecule has 3 aromatic carbocycles. The molecule has 0 amide bonds. The summed E-state index contributed by atoms with van der Waals surface area (Å²) in [5, 5.41) is 12.9. The predicted molar refractivity (Wildman–Crippen MR) is 162 cm³/mol. The van der Waals surface area contributed by atoms with Crippen LogP contribution in [0, 0.1) is 96.9 Å². The van der Waals surface area contributed by atoms with Crippen molar-refractivity contribution in [3.8, 4) is 11.4 Å². The average Bonchev–Trinajstić information content (AvgIpc) is 3.39. The van der Waals surface area contributed by atoms with Gasteiger partial charge in [0.05, 0.1) is 33.8 Å². The summed E-state index contributed by atoms with van der Waals surface area (Å²) in [5.41, 5.74) is 22.8. The van der Waals surface area contributed by atoms with Gasteiger partial charge in [-0.25, -0.2) is 9.36 Å². The predicted octanol–water partition coefficient (Wildman–Crippen LogP) is 8.68. The first-order chi connectivity index (χ1) is 17.7. The van der Waals surface area contributed by atoms with Gasteiger partial charge in [-0.3, -0.25) is 0 Å². The van der Waals surface area contributed by atoms with Crippen LogP contribution in [0.2, 0.25) is 0 Å². The molecule has 0 fully saturated rings. The Morgan fingerprint density at radius 3 is 0.868 bits per heavy atom. The Hall–Kier alpha value is -3.40. The Morgan fingerprint density at radius 2 is 0.579 bits per heavy atom. The van der Waals surface area contributed by atoms with Gasteiger partial charge in [-0.1, -0.05) is 0 Å². The minimum absolute atomic E-state index is 1.09. The summed E-state index contributed by atoms with van der Waals surface area (Å²) in [6.07, 6.45) is 0. The topological polar surface area (TPSA) is 35.6 Å². The number of hydrogen-bond donors (Lipinski definition) is 0. The van der Waals surface area contributed by atoms with Crippen LogP contribution in [0.4, 0.5) is 0 Å². The molecule has 5 aromatic rings. The molecule has 0 spiro atoms. The van der Waals surface area contributed by atoms with Crippen molar-refractivity contribution >= 4 is 21.8 Å². The maximum absolute atomic E-state index is 5.17. The average molecular weight is 507 g/mol. The molecule has 0 aliphatic rings. The molecule has 0 saturated carbocycles. The second kappa shape index (κ2) is 8.56. The van der Waals surface area contributed by atoms with Gasteiger partial charge in [-0.05, 0) is 164 Å². The standard InChI is InChI=1S/C34H42N4/c1-15-17(3)21(7)33-29(19(15)5)27(13)35-37(33)31-23(9)25(11)32(26(12)24(31)10)38-34-22(8)18(4)16(2)20(6)30(34)28(14)36-38/h1-14H3. The minimum Gasteiger partial charge on any atom is -0.232 e. The van der Waals surface area contributed by atoms with E-state index >= 15 is 0 Å². The van der Waals surface area contributed by atoms with Gasteiger partial charge in [0.1, 0.15) is 0 Å². The van der Waals surface area contributed by atoms with E-state index in [2.05, 4.69) is 106 Å². The minimum atomic E-state index is 1.09. The van der Waals surface area contributed by atoms with Crippen LogP contribution in [-0.4, -0.2) is 19.6 Å². The molecule has 38 heavy (non-hydrogen) atoms. The molecule has 0 atom stereocenters. The van der Waals surface area contributed by atoms with E-state index in [4.69, 9.17) is 10.2 Å². The summed E-state index contributed by atoms with van der Waals surface area (Å²) in [6, 6.07) is 0. The highest BCUT2D eigenvalue weighted by Gasteiger charge is 2.25. The fourth-order valence-electron chi connectivity index (χ4n) is 6.73. The Bertz CT molecular complexity index is 1680. The van der Waals surface area contributed by atoms with E-state index in [1.807, 2.05) is 0 Å². The van der Waals surface area contributed by atoms with Crippen LogP contribution in [0.3, 0.4) is 0 Å². The lowest BCUT2D eigenvalue weighted by Crippen LogP contribution is -2.12. The van der Waals surface area contributed by atoms with Crippen molar-refractivity contribution in [1.82, 2.24) is 19.6 Å². The first-order valence-corrected chi connectivity index (χ1v) is 13.7. The first-order valence-electron chi connectivity index (χ1n) is 13.7. The van der Waals surface area contributed by atoms with Gasteiger partial charge in [0.25, 0.3) is 0 Å². The van der Waals surface area contributed by atoms with Gasteiger partial charge < -0.3 is 0 Å². The highest BCUT2D eigenvalue weighted by Crippen LogP contribution is 2.39. The van der Waals surface area contributed by atoms with Gasteiger partial charge in [-0.2, -0.15) is 10.2 Å². The molecule has 198 valence electrons. The zero-order valence-corrected chi connectivity index (χ0v) is 25.8. The van der Waals surface area contributed by atoms with E-state index in [0.717, 1.165) is 11.4 Å². The highest BCUT2D eigenvalue weighted by atomic mass is 15.3. The number of aryl methyl sites for hydroxylation is 6. The lowest BCUT2D eigenvalue weighted by atomic mass is 9.92. The van der Waals surface area contributed by atoms with Gasteiger partial charge in [0, 0.05) is 10.8 Å². The molecule has 0 unspecified atom stereocenters. The van der Waals surface area contributed by atoms with Crippen LogP contribution < -0.4 is 0 Å². The summed E-state index contributed by atoms with van der Waals surface area (Å²) in [7, 11) is 0. The van der Waals surface area contributed by atoms with E-state index in [9.17, 15) is 0 Å². The number of benzene rings is 3. The third-order valence-electron chi connectivity index (χ3n) is 9.93. The summed E-state index contributed by atoms with van der Waals surface area (Å²) >= 11 is 0. The number of rotatable bonds is 2. The number of aromatic nitrogens is 4. The van der Waals surface area contributed by atoms with E-state index < -0.39 is 0 Å². The molecule has 0 N–H and O–H groups in total. The zero-order chi connectivity index (χ0) is 28.1. The van der Waals surface area contributed by atoms with E-state index in [-0.39, 0.29) is 0 Å². The lowest BCUT2D eigenvalue weighted by molar-refractivity contribution is 0.841. The summed E-state index contributed by atoms with van der Waals surface area (Å²) in [6.45, 7) is 31.2. The Labute approximate surface area is 227 Å². The van der Waals surface area contributed by atoms with Crippen molar-refractivity contribution in [2.24, 2.45) is 0 Å². The van der Waals surface area contributed by atoms with Crippen molar-refractivity contribution < 1.29 is 0 Å². The molecule has 2 aromatic heterocycles. The summed E-state index contributed by atoms with van der Waals surface area (Å²) < 4.78 is 4.45. The fraction of sp³-hybridized carbons (Fsp3) is 0.412. The molecule has 0 aliphatic carbocycles. The largest absolute Gasteiger partial charge is 0.232 e. The Morgan fingerprint density at radius 1 is 0.316 bits per heavy atom. The molecule has 0 saturated heterocycles. The quantitative estimate of drug-likeness (QED) is 0.240. The number of fused-ring (bicyclic) bond motifs is 2. The van der Waals surface area contributed by atoms with E-state index in [0.29, 0.717) is 0 Å². The Kier molecular flexibility index (Phi) is 5.90. The number of nitrogens with zero attached hydrogens (tertiary/aromatic N) is 4. The SMILES string of the molecule is Cc1c(C)c(-n2nc(C)c3c(C)c(C)c(C)c(C)c32)c(C)c(C)c1-n1nc(C)c2c(C)c(C)c(C)c(C)c21. The van der Waals surface area contributed by atoms with Crippen molar-refractivity contribution in [3.05, 3.63) is 78.1 Å². The van der Waals surface area contributed by atoms with Gasteiger partial charge >= 0.3 is 0 Å². The molecule has 5 rings (SSSR count). The maximum Gasteiger partial charge on any atom is 0.0778 e. The van der Waals surface area contributed by atoms with Gasteiger partial charge in [-0.15, -0.1) is 0 Å². The third-order valence-corrected chi connectivity index (χ3v) is 9.93. The van der Waals surface area contributed by atoms with Crippen LogP contribution >= 0.6 is 0 Å². The highest BCUT2D eigenvalue weighted by molar-refractivity contribution is 5.93. The maximum atomic E-state index is 5.17. The Balaban J connectivity index is 1.90. The van der Waals surface area contributed by atoms with Gasteiger partial charge in [0.15, 0.2) is 0 Å². The molecule has 0 aliphatic heterocycles. The van der Waals surface area contributed by atoms with Crippen molar-refractivity contribution in [3.63, 3.8) is 0 Å². The smallest absolute Gasteiger partial charge is 0.0778 e. The molecule has 0 bridgehead atoms. The van der Waals surface area contributed by atoms with Crippen LogP contribution in [0.5, 0.6) is 0 Å². The number of hydrogen-bond acceptors (Lipinski definition) is 2. The molecule has 4 nitrogen and oxygen atoms in total. The molecule has 2 heterocycles. The molecule has 0 radical (unpaired) electrons. The lowest BCUT2D eigenvalue weighted by Gasteiger charge is -2.23. The van der Waals surface area contributed by atoms with Crippen molar-refractivity contribution in [2.45, 2.75) is 96.9 Å². The normalized spacial score (nSPS) is 11.9. The summed E-state index contributed by atoms with van der Waals surface area (Å²) in [5.74, 6) is 0.